The van der Waals surface area contributed by atoms with E-state index in [4.69, 9.17) is 9.47 Å². The van der Waals surface area contributed by atoms with E-state index in [9.17, 15) is 4.79 Å². The largest absolute Gasteiger partial charge is 0.490 e. The average molecular weight is 437 g/mol. The summed E-state index contributed by atoms with van der Waals surface area (Å²) in [4.78, 5) is 19.3. The van der Waals surface area contributed by atoms with Gasteiger partial charge < -0.3 is 14.4 Å². The SMILES string of the molecule is O=C(CSc1ncn(-c2ccccc2)n1)N1CCCC1c1ccc2c(c1)OCCCO2. The quantitative estimate of drug-likeness (QED) is 0.566. The summed E-state index contributed by atoms with van der Waals surface area (Å²) >= 11 is 1.37. The number of carbonyl (C=O) groups is 1. The number of rotatable bonds is 5. The molecule has 1 atom stereocenters. The van der Waals surface area contributed by atoms with Crippen LogP contribution in [0.3, 0.4) is 0 Å². The number of nitrogens with zero attached hydrogens (tertiary/aromatic N) is 4. The van der Waals surface area contributed by atoms with Gasteiger partial charge in [0, 0.05) is 13.0 Å². The van der Waals surface area contributed by atoms with E-state index in [1.54, 1.807) is 11.0 Å². The molecule has 1 fully saturated rings. The fourth-order valence-corrected chi connectivity index (χ4v) is 4.71. The molecule has 2 aromatic carbocycles. The van der Waals surface area contributed by atoms with Crippen LogP contribution < -0.4 is 9.47 Å². The molecule has 8 heteroatoms. The van der Waals surface area contributed by atoms with Crippen molar-refractivity contribution in [2.45, 2.75) is 30.5 Å². The Hall–Kier alpha value is -3.00. The van der Waals surface area contributed by atoms with E-state index >= 15 is 0 Å². The Kier molecular flexibility index (Phi) is 5.80. The van der Waals surface area contributed by atoms with Gasteiger partial charge >= 0.3 is 0 Å². The molecular weight excluding hydrogens is 412 g/mol. The fraction of sp³-hybridized carbons (Fsp3) is 0.348. The Morgan fingerprint density at radius 3 is 2.77 bits per heavy atom. The number of hydrogen-bond donors (Lipinski definition) is 0. The van der Waals surface area contributed by atoms with Crippen LogP contribution in [0.25, 0.3) is 5.69 Å². The molecule has 1 saturated heterocycles. The van der Waals surface area contributed by atoms with Gasteiger partial charge in [-0.1, -0.05) is 36.0 Å². The van der Waals surface area contributed by atoms with Crippen molar-refractivity contribution in [1.82, 2.24) is 19.7 Å². The molecule has 1 unspecified atom stereocenters. The molecule has 1 amide bonds. The Bertz CT molecular complexity index is 1060. The number of benzene rings is 2. The highest BCUT2D eigenvalue weighted by atomic mass is 32.2. The topological polar surface area (TPSA) is 69.5 Å². The lowest BCUT2D eigenvalue weighted by molar-refractivity contribution is -0.129. The van der Waals surface area contributed by atoms with Crippen molar-refractivity contribution in [3.05, 3.63) is 60.4 Å². The first-order valence-electron chi connectivity index (χ1n) is 10.6. The van der Waals surface area contributed by atoms with E-state index in [0.717, 1.165) is 48.6 Å². The van der Waals surface area contributed by atoms with E-state index in [2.05, 4.69) is 16.1 Å². The van der Waals surface area contributed by atoms with Gasteiger partial charge in [-0.15, -0.1) is 5.10 Å². The Morgan fingerprint density at radius 2 is 1.90 bits per heavy atom. The maximum absolute atomic E-state index is 13.0. The molecular formula is C23H24N4O3S. The maximum atomic E-state index is 13.0. The third-order valence-corrected chi connectivity index (χ3v) is 6.38. The molecule has 2 aliphatic heterocycles. The number of hydrogen-bond acceptors (Lipinski definition) is 6. The molecule has 0 N–H and O–H groups in total. The third kappa shape index (κ3) is 4.39. The van der Waals surface area contributed by atoms with Gasteiger partial charge in [0.25, 0.3) is 0 Å². The standard InChI is InChI=1S/C23H24N4O3S/c28-22(15-31-23-24-16-27(25-23)18-6-2-1-3-7-18)26-11-4-8-19(26)17-9-10-20-21(14-17)30-13-5-12-29-20/h1-3,6-7,9-10,14,16,19H,4-5,8,11-13,15H2. The summed E-state index contributed by atoms with van der Waals surface area (Å²) in [6.07, 6.45) is 4.51. The van der Waals surface area contributed by atoms with Gasteiger partial charge in [-0.25, -0.2) is 9.67 Å². The van der Waals surface area contributed by atoms with Crippen LogP contribution in [0.1, 0.15) is 30.9 Å². The van der Waals surface area contributed by atoms with E-state index in [1.165, 1.54) is 11.8 Å². The van der Waals surface area contributed by atoms with E-state index in [0.29, 0.717) is 24.1 Å². The summed E-state index contributed by atoms with van der Waals surface area (Å²) in [6, 6.07) is 15.9. The predicted octanol–water partition coefficient (Wildman–Crippen LogP) is 3.88. The highest BCUT2D eigenvalue weighted by molar-refractivity contribution is 7.99. The second kappa shape index (κ2) is 9.01. The third-order valence-electron chi connectivity index (χ3n) is 5.55. The molecule has 0 aliphatic carbocycles. The lowest BCUT2D eigenvalue weighted by atomic mass is 10.0. The molecule has 5 rings (SSSR count). The van der Waals surface area contributed by atoms with Crippen LogP contribution in [0.2, 0.25) is 0 Å². The van der Waals surface area contributed by atoms with Crippen LogP contribution in [0, 0.1) is 0 Å². The van der Waals surface area contributed by atoms with Gasteiger partial charge in [0.05, 0.1) is 30.7 Å². The number of amides is 1. The predicted molar refractivity (Wildman–Crippen MR) is 118 cm³/mol. The minimum atomic E-state index is 0.0695. The Labute approximate surface area is 185 Å². The summed E-state index contributed by atoms with van der Waals surface area (Å²) in [5.41, 5.74) is 2.05. The number of likely N-dealkylation sites (tertiary alicyclic amines) is 1. The highest BCUT2D eigenvalue weighted by Crippen LogP contribution is 2.38. The van der Waals surface area contributed by atoms with Crippen molar-refractivity contribution in [3.8, 4) is 17.2 Å². The number of para-hydroxylation sites is 1. The first kappa shape index (κ1) is 19.9. The number of fused-ring (bicyclic) bond motifs is 1. The fourth-order valence-electron chi connectivity index (χ4n) is 4.03. The monoisotopic (exact) mass is 436 g/mol. The number of ether oxygens (including phenoxy) is 2. The molecule has 2 aliphatic rings. The summed E-state index contributed by atoms with van der Waals surface area (Å²) in [7, 11) is 0. The minimum absolute atomic E-state index is 0.0695. The van der Waals surface area contributed by atoms with Crippen LogP contribution >= 0.6 is 11.8 Å². The molecule has 160 valence electrons. The molecule has 7 nitrogen and oxygen atoms in total. The summed E-state index contributed by atoms with van der Waals surface area (Å²) in [5, 5.41) is 5.08. The van der Waals surface area contributed by atoms with Crippen LogP contribution in [-0.4, -0.2) is 51.1 Å². The zero-order valence-corrected chi connectivity index (χ0v) is 18.0. The molecule has 3 heterocycles. The maximum Gasteiger partial charge on any atom is 0.233 e. The molecule has 3 aromatic rings. The number of carbonyl (C=O) groups excluding carboxylic acids is 1. The van der Waals surface area contributed by atoms with Crippen molar-refractivity contribution < 1.29 is 14.3 Å². The number of thioether (sulfide) groups is 1. The van der Waals surface area contributed by atoms with Gasteiger partial charge in [0.2, 0.25) is 11.1 Å². The summed E-state index contributed by atoms with van der Waals surface area (Å²) in [6.45, 7) is 2.10. The second-order valence-electron chi connectivity index (χ2n) is 7.60. The van der Waals surface area contributed by atoms with Crippen molar-refractivity contribution in [2.75, 3.05) is 25.5 Å². The van der Waals surface area contributed by atoms with Crippen LogP contribution in [0.15, 0.2) is 60.0 Å². The van der Waals surface area contributed by atoms with Crippen molar-refractivity contribution in [3.63, 3.8) is 0 Å². The van der Waals surface area contributed by atoms with Gasteiger partial charge in [-0.2, -0.15) is 0 Å². The molecule has 1 aromatic heterocycles. The van der Waals surface area contributed by atoms with Crippen LogP contribution in [0.5, 0.6) is 11.5 Å². The normalized spacial score (nSPS) is 18.1. The second-order valence-corrected chi connectivity index (χ2v) is 8.54. The van der Waals surface area contributed by atoms with Gasteiger partial charge in [-0.3, -0.25) is 4.79 Å². The lowest BCUT2D eigenvalue weighted by Crippen LogP contribution is -2.32. The average Bonchev–Trinajstić information content (AvgIpc) is 3.43. The first-order valence-corrected chi connectivity index (χ1v) is 11.6. The van der Waals surface area contributed by atoms with Crippen LogP contribution in [0.4, 0.5) is 0 Å². The molecule has 0 spiro atoms. The van der Waals surface area contributed by atoms with Crippen molar-refractivity contribution in [1.29, 1.82) is 0 Å². The smallest absolute Gasteiger partial charge is 0.233 e. The van der Waals surface area contributed by atoms with Crippen molar-refractivity contribution in [2.24, 2.45) is 0 Å². The number of aromatic nitrogens is 3. The molecule has 0 bridgehead atoms. The van der Waals surface area contributed by atoms with Crippen LogP contribution in [-0.2, 0) is 4.79 Å². The van der Waals surface area contributed by atoms with E-state index in [-0.39, 0.29) is 11.9 Å². The minimum Gasteiger partial charge on any atom is -0.490 e. The van der Waals surface area contributed by atoms with Gasteiger partial charge in [0.1, 0.15) is 6.33 Å². The first-order chi connectivity index (χ1) is 15.3. The van der Waals surface area contributed by atoms with Gasteiger partial charge in [-0.05, 0) is 42.7 Å². The highest BCUT2D eigenvalue weighted by Gasteiger charge is 2.30. The Morgan fingerprint density at radius 1 is 1.06 bits per heavy atom. The summed E-state index contributed by atoms with van der Waals surface area (Å²) in [5.74, 6) is 1.99. The van der Waals surface area contributed by atoms with Crippen molar-refractivity contribution >= 4 is 17.7 Å². The Balaban J connectivity index is 1.24. The van der Waals surface area contributed by atoms with E-state index in [1.807, 2.05) is 47.4 Å². The summed E-state index contributed by atoms with van der Waals surface area (Å²) < 4.78 is 13.3. The lowest BCUT2D eigenvalue weighted by Gasteiger charge is -2.25. The zero-order chi connectivity index (χ0) is 21.0. The zero-order valence-electron chi connectivity index (χ0n) is 17.1. The van der Waals surface area contributed by atoms with E-state index < -0.39 is 0 Å². The van der Waals surface area contributed by atoms with Gasteiger partial charge in [0.15, 0.2) is 11.5 Å². The molecule has 31 heavy (non-hydrogen) atoms. The molecule has 0 radical (unpaired) electrons. The molecule has 0 saturated carbocycles.